The highest BCUT2D eigenvalue weighted by atomic mass is 16.4. The van der Waals surface area contributed by atoms with Gasteiger partial charge in [-0.1, -0.05) is 0 Å². The van der Waals surface area contributed by atoms with Gasteiger partial charge < -0.3 is 9.52 Å². The van der Waals surface area contributed by atoms with E-state index in [1.54, 1.807) is 0 Å². The van der Waals surface area contributed by atoms with Crippen molar-refractivity contribution in [2.75, 3.05) is 0 Å². The third-order valence-electron chi connectivity index (χ3n) is 1.23. The zero-order chi connectivity index (χ0) is 8.27. The molecular formula is C7H6O4. The molecule has 4 heteroatoms. The fourth-order valence-electron chi connectivity index (χ4n) is 0.760. The molecule has 0 aliphatic carbocycles. The maximum Gasteiger partial charge on any atom is 0.307 e. The molecule has 4 nitrogen and oxygen atoms in total. The van der Waals surface area contributed by atoms with Crippen LogP contribution in [0.4, 0.5) is 0 Å². The van der Waals surface area contributed by atoms with Crippen LogP contribution in [0, 0.1) is 0 Å². The Hall–Kier alpha value is -1.58. The summed E-state index contributed by atoms with van der Waals surface area (Å²) in [7, 11) is 0. The van der Waals surface area contributed by atoms with Gasteiger partial charge in [-0.3, -0.25) is 9.59 Å². The first kappa shape index (κ1) is 7.53. The van der Waals surface area contributed by atoms with E-state index in [0.717, 1.165) is 0 Å². The Morgan fingerprint density at radius 1 is 1.73 bits per heavy atom. The standard InChI is InChI=1S/C7H6O4/c8-4-6-5(1-2-11-6)3-7(9)10/h1-2,4H,3H2,(H,9,10). The van der Waals surface area contributed by atoms with Gasteiger partial charge in [0, 0.05) is 5.56 Å². The van der Waals surface area contributed by atoms with Crippen LogP contribution in [0.2, 0.25) is 0 Å². The lowest BCUT2D eigenvalue weighted by Crippen LogP contribution is -2.00. The molecule has 1 N–H and O–H groups in total. The van der Waals surface area contributed by atoms with Crippen LogP contribution in [0.15, 0.2) is 16.7 Å². The summed E-state index contributed by atoms with van der Waals surface area (Å²) in [5.41, 5.74) is 0.410. The summed E-state index contributed by atoms with van der Waals surface area (Å²) in [6.07, 6.45) is 1.62. The molecule has 1 rings (SSSR count). The minimum atomic E-state index is -0.977. The van der Waals surface area contributed by atoms with Gasteiger partial charge in [0.1, 0.15) is 0 Å². The Kier molecular flexibility index (Phi) is 2.06. The molecule has 11 heavy (non-hydrogen) atoms. The third kappa shape index (κ3) is 1.67. The zero-order valence-corrected chi connectivity index (χ0v) is 5.61. The van der Waals surface area contributed by atoms with E-state index >= 15 is 0 Å². The van der Waals surface area contributed by atoms with E-state index in [2.05, 4.69) is 4.42 Å². The van der Waals surface area contributed by atoms with Crippen LogP contribution >= 0.6 is 0 Å². The second-order valence-electron chi connectivity index (χ2n) is 2.00. The molecule has 0 radical (unpaired) electrons. The average Bonchev–Trinajstić information content (AvgIpc) is 2.34. The molecule has 1 aromatic heterocycles. The molecule has 0 bridgehead atoms. The van der Waals surface area contributed by atoms with Gasteiger partial charge in [-0.25, -0.2) is 0 Å². The van der Waals surface area contributed by atoms with Crippen molar-refractivity contribution in [2.45, 2.75) is 6.42 Å². The van der Waals surface area contributed by atoms with Gasteiger partial charge in [0.15, 0.2) is 12.0 Å². The number of carbonyl (C=O) groups is 2. The summed E-state index contributed by atoms with van der Waals surface area (Å²) in [4.78, 5) is 20.4. The molecule has 0 amide bonds. The fourth-order valence-corrected chi connectivity index (χ4v) is 0.760. The Bertz CT molecular complexity index is 274. The van der Waals surface area contributed by atoms with E-state index in [-0.39, 0.29) is 12.2 Å². The minimum absolute atomic E-state index is 0.0902. The van der Waals surface area contributed by atoms with Crippen molar-refractivity contribution < 1.29 is 19.1 Å². The molecule has 0 fully saturated rings. The van der Waals surface area contributed by atoms with E-state index in [4.69, 9.17) is 5.11 Å². The lowest BCUT2D eigenvalue weighted by atomic mass is 10.2. The number of aliphatic carboxylic acids is 1. The van der Waals surface area contributed by atoms with Crippen molar-refractivity contribution in [2.24, 2.45) is 0 Å². The summed E-state index contributed by atoms with van der Waals surface area (Å²) >= 11 is 0. The predicted octanol–water partition coefficient (Wildman–Crippen LogP) is 0.719. The summed E-state index contributed by atoms with van der Waals surface area (Å²) in [5, 5.41) is 8.35. The van der Waals surface area contributed by atoms with E-state index in [1.165, 1.54) is 12.3 Å². The molecule has 0 atom stereocenters. The molecule has 0 unspecified atom stereocenters. The van der Waals surface area contributed by atoms with Crippen LogP contribution in [-0.4, -0.2) is 17.4 Å². The number of hydrogen-bond donors (Lipinski definition) is 1. The monoisotopic (exact) mass is 154 g/mol. The number of carboxylic acids is 1. The zero-order valence-electron chi connectivity index (χ0n) is 5.61. The molecule has 0 saturated carbocycles. The van der Waals surface area contributed by atoms with Crippen molar-refractivity contribution in [3.05, 3.63) is 23.7 Å². The smallest absolute Gasteiger partial charge is 0.307 e. The third-order valence-corrected chi connectivity index (χ3v) is 1.23. The predicted molar refractivity (Wildman–Crippen MR) is 35.4 cm³/mol. The Morgan fingerprint density at radius 2 is 2.45 bits per heavy atom. The molecule has 58 valence electrons. The van der Waals surface area contributed by atoms with E-state index in [9.17, 15) is 9.59 Å². The maximum absolute atomic E-state index is 10.2. The quantitative estimate of drug-likeness (QED) is 0.651. The Labute approximate surface area is 62.4 Å². The summed E-state index contributed by atoms with van der Waals surface area (Å²) in [6.45, 7) is 0. The number of furan rings is 1. The molecule has 1 aromatic rings. The van der Waals surface area contributed by atoms with Gasteiger partial charge in [0.25, 0.3) is 0 Å². The number of rotatable bonds is 3. The van der Waals surface area contributed by atoms with Crippen LogP contribution in [0.1, 0.15) is 16.1 Å². The van der Waals surface area contributed by atoms with Crippen LogP contribution in [0.25, 0.3) is 0 Å². The Morgan fingerprint density at radius 3 is 3.00 bits per heavy atom. The summed E-state index contributed by atoms with van der Waals surface area (Å²) in [6, 6.07) is 1.47. The number of carboxylic acid groups (broad SMARTS) is 1. The molecule has 0 aromatic carbocycles. The molecule has 0 aliphatic rings. The molecule has 0 spiro atoms. The topological polar surface area (TPSA) is 67.5 Å². The lowest BCUT2D eigenvalue weighted by Gasteiger charge is -1.89. The van der Waals surface area contributed by atoms with Crippen LogP contribution < -0.4 is 0 Å². The Balaban J connectivity index is 2.84. The largest absolute Gasteiger partial charge is 0.481 e. The van der Waals surface area contributed by atoms with Gasteiger partial charge in [0.2, 0.25) is 0 Å². The van der Waals surface area contributed by atoms with Crippen LogP contribution in [0.3, 0.4) is 0 Å². The fraction of sp³-hybridized carbons (Fsp3) is 0.143. The number of carbonyl (C=O) groups excluding carboxylic acids is 1. The van der Waals surface area contributed by atoms with Crippen molar-refractivity contribution in [1.82, 2.24) is 0 Å². The van der Waals surface area contributed by atoms with Gasteiger partial charge >= 0.3 is 5.97 Å². The van der Waals surface area contributed by atoms with Gasteiger partial charge in [0.05, 0.1) is 12.7 Å². The van der Waals surface area contributed by atoms with Gasteiger partial charge in [-0.05, 0) is 6.07 Å². The highest BCUT2D eigenvalue weighted by Crippen LogP contribution is 2.08. The highest BCUT2D eigenvalue weighted by Gasteiger charge is 2.07. The number of aldehydes is 1. The van der Waals surface area contributed by atoms with Gasteiger partial charge in [-0.2, -0.15) is 0 Å². The first-order valence-electron chi connectivity index (χ1n) is 2.97. The molecule has 0 aliphatic heterocycles. The van der Waals surface area contributed by atoms with Crippen molar-refractivity contribution in [3.63, 3.8) is 0 Å². The average molecular weight is 154 g/mol. The second-order valence-corrected chi connectivity index (χ2v) is 2.00. The second kappa shape index (κ2) is 3.01. The first-order valence-corrected chi connectivity index (χ1v) is 2.97. The number of hydrogen-bond acceptors (Lipinski definition) is 3. The molecule has 1 heterocycles. The van der Waals surface area contributed by atoms with Crippen molar-refractivity contribution in [3.8, 4) is 0 Å². The van der Waals surface area contributed by atoms with E-state index < -0.39 is 5.97 Å². The summed E-state index contributed by atoms with van der Waals surface area (Å²) in [5.74, 6) is -0.887. The van der Waals surface area contributed by atoms with E-state index in [1.807, 2.05) is 0 Å². The van der Waals surface area contributed by atoms with Crippen LogP contribution in [-0.2, 0) is 11.2 Å². The SMILES string of the molecule is O=Cc1occc1CC(=O)O. The van der Waals surface area contributed by atoms with Crippen LogP contribution in [0.5, 0.6) is 0 Å². The first-order chi connectivity index (χ1) is 5.24. The summed E-state index contributed by atoms with van der Waals surface area (Å²) < 4.78 is 4.68. The minimum Gasteiger partial charge on any atom is -0.481 e. The molecular weight excluding hydrogens is 148 g/mol. The molecule has 0 saturated heterocycles. The van der Waals surface area contributed by atoms with Gasteiger partial charge in [-0.15, -0.1) is 0 Å². The van der Waals surface area contributed by atoms with Crippen molar-refractivity contribution in [1.29, 1.82) is 0 Å². The van der Waals surface area contributed by atoms with Crippen molar-refractivity contribution >= 4 is 12.3 Å². The maximum atomic E-state index is 10.2. The normalized spacial score (nSPS) is 9.45. The highest BCUT2D eigenvalue weighted by molar-refractivity contribution is 5.78. The van der Waals surface area contributed by atoms with E-state index in [0.29, 0.717) is 11.8 Å². The lowest BCUT2D eigenvalue weighted by molar-refractivity contribution is -0.136.